The van der Waals surface area contributed by atoms with Crippen LogP contribution in [0.2, 0.25) is 0 Å². The second kappa shape index (κ2) is 11.0. The zero-order valence-electron chi connectivity index (χ0n) is 21.6. The van der Waals surface area contributed by atoms with Gasteiger partial charge in [0.05, 0.1) is 29.4 Å². The van der Waals surface area contributed by atoms with Crippen molar-refractivity contribution >= 4 is 41.7 Å². The second-order valence-electron chi connectivity index (χ2n) is 9.98. The summed E-state index contributed by atoms with van der Waals surface area (Å²) in [5, 5.41) is 0.708. The molecule has 3 aromatic rings. The molecule has 0 saturated carbocycles. The number of hydrogen-bond acceptors (Lipinski definition) is 8. The number of halogens is 1. The number of fused-ring (bicyclic) bond motifs is 1. The highest BCUT2D eigenvalue weighted by molar-refractivity contribution is 7.92. The number of pyridine rings is 1. The molecule has 12 heteroatoms. The summed E-state index contributed by atoms with van der Waals surface area (Å²) >= 11 is -0.346. The quantitative estimate of drug-likeness (QED) is 0.342. The number of amides is 1. The first-order valence-electron chi connectivity index (χ1n) is 12.0. The molecule has 0 aliphatic carbocycles. The smallest absolute Gasteiger partial charge is 0.410 e. The Morgan fingerprint density at radius 3 is 2.42 bits per heavy atom. The Balaban J connectivity index is 1.58. The van der Waals surface area contributed by atoms with Gasteiger partial charge in [-0.3, -0.25) is 19.1 Å². The summed E-state index contributed by atoms with van der Waals surface area (Å²) in [5.74, 6) is -0.739. The van der Waals surface area contributed by atoms with Crippen LogP contribution in [0.25, 0.3) is 22.2 Å². The van der Waals surface area contributed by atoms with E-state index in [2.05, 4.69) is 4.90 Å². The molecule has 0 N–H and O–H groups in total. The van der Waals surface area contributed by atoms with E-state index in [-0.39, 0.29) is 35.2 Å². The van der Waals surface area contributed by atoms with E-state index in [4.69, 9.17) is 9.47 Å². The highest BCUT2D eigenvalue weighted by atomic mass is 32.2. The maximum Gasteiger partial charge on any atom is 0.410 e. The molecular formula is C26H29FN4O6S. The van der Waals surface area contributed by atoms with E-state index in [0.717, 1.165) is 11.8 Å². The van der Waals surface area contributed by atoms with Gasteiger partial charge >= 0.3 is 12.1 Å². The fourth-order valence-electron chi connectivity index (χ4n) is 4.40. The summed E-state index contributed by atoms with van der Waals surface area (Å²) in [5.41, 5.74) is 0.491. The molecule has 38 heavy (non-hydrogen) atoms. The van der Waals surface area contributed by atoms with Crippen LogP contribution >= 0.6 is 12.3 Å². The van der Waals surface area contributed by atoms with Gasteiger partial charge in [0.25, 0.3) is 5.56 Å². The molecule has 10 nitrogen and oxygen atoms in total. The van der Waals surface area contributed by atoms with E-state index >= 15 is 0 Å². The second-order valence-corrected chi connectivity index (χ2v) is 10.5. The zero-order valence-corrected chi connectivity index (χ0v) is 22.4. The van der Waals surface area contributed by atoms with Crippen molar-refractivity contribution in [3.63, 3.8) is 0 Å². The lowest BCUT2D eigenvalue weighted by Crippen LogP contribution is -2.49. The minimum absolute atomic E-state index is 0.0128. The van der Waals surface area contributed by atoms with Gasteiger partial charge in [0, 0.05) is 44.3 Å². The summed E-state index contributed by atoms with van der Waals surface area (Å²) in [4.78, 5) is 53.2. The van der Waals surface area contributed by atoms with Crippen LogP contribution < -0.4 is 5.56 Å². The Bertz CT molecular complexity index is 1440. The third-order valence-corrected chi connectivity index (χ3v) is 6.62. The van der Waals surface area contributed by atoms with Crippen molar-refractivity contribution in [3.05, 3.63) is 58.0 Å². The van der Waals surface area contributed by atoms with Crippen LogP contribution in [0.1, 0.15) is 36.7 Å². The summed E-state index contributed by atoms with van der Waals surface area (Å²) in [6.45, 7) is 8.61. The summed E-state index contributed by atoms with van der Waals surface area (Å²) in [6, 6.07) is 8.56. The molecule has 1 saturated heterocycles. The van der Waals surface area contributed by atoms with Gasteiger partial charge < -0.3 is 14.4 Å². The number of carbonyl (C=O) groups is 3. The van der Waals surface area contributed by atoms with Crippen LogP contribution in [0.5, 0.6) is 0 Å². The highest BCUT2D eigenvalue weighted by Crippen LogP contribution is 2.28. The van der Waals surface area contributed by atoms with E-state index in [0.29, 0.717) is 54.0 Å². The molecule has 1 aliphatic heterocycles. The number of aromatic nitrogens is 2. The third kappa shape index (κ3) is 5.76. The monoisotopic (exact) mass is 544 g/mol. The number of methoxy groups -OCH3 is 1. The molecule has 0 atom stereocenters. The molecule has 0 spiro atoms. The molecule has 2 aromatic heterocycles. The van der Waals surface area contributed by atoms with Crippen LogP contribution in [-0.4, -0.2) is 75.7 Å². The zero-order chi connectivity index (χ0) is 27.6. The van der Waals surface area contributed by atoms with E-state index in [1.807, 2.05) is 32.9 Å². The first-order valence-corrected chi connectivity index (χ1v) is 12.7. The summed E-state index contributed by atoms with van der Waals surface area (Å²) < 4.78 is 25.6. The Hall–Kier alpha value is -3.64. The first kappa shape index (κ1) is 27.4. The number of esters is 1. The van der Waals surface area contributed by atoms with Crippen molar-refractivity contribution in [1.29, 1.82) is 0 Å². The average molecular weight is 545 g/mol. The van der Waals surface area contributed by atoms with E-state index in [1.54, 1.807) is 17.0 Å². The van der Waals surface area contributed by atoms with Crippen LogP contribution in [0.15, 0.2) is 41.3 Å². The number of rotatable bonds is 6. The van der Waals surface area contributed by atoms with Gasteiger partial charge in [-0.05, 0) is 50.6 Å². The third-order valence-electron chi connectivity index (χ3n) is 6.20. The summed E-state index contributed by atoms with van der Waals surface area (Å²) in [6.07, 6.45) is 1.31. The van der Waals surface area contributed by atoms with Gasteiger partial charge in [0.15, 0.2) is 12.3 Å². The lowest BCUT2D eigenvalue weighted by atomic mass is 10.1. The van der Waals surface area contributed by atoms with Gasteiger partial charge in [0.2, 0.25) is 6.41 Å². The van der Waals surface area contributed by atoms with Crippen LogP contribution in [0.4, 0.5) is 8.68 Å². The van der Waals surface area contributed by atoms with Gasteiger partial charge in [0.1, 0.15) is 5.60 Å². The topological polar surface area (TPSA) is 103 Å². The molecule has 3 heterocycles. The maximum atomic E-state index is 13.5. The number of ether oxygens (including phenoxy) is 2. The standard InChI is InChI=1S/C26H29FN4O6S/c1-26(2,3)37-25(35)29-9-7-28(8-10-29)14-17-5-6-21-18(11-17)13-22(30(21)16-32)20-12-19(24(34)36-4)15-31(38-27)23(20)33/h5-6,11-13,15-16H,7-10,14H2,1-4H3. The summed E-state index contributed by atoms with van der Waals surface area (Å²) in [7, 11) is 1.18. The SMILES string of the molecule is COC(=O)c1cc(-c2cc3cc(CN4CCN(C(=O)OC(C)(C)C)CC4)ccc3n2C=O)c(=O)n(SF)c1. The van der Waals surface area contributed by atoms with Gasteiger partial charge in [-0.25, -0.2) is 13.6 Å². The van der Waals surface area contributed by atoms with Crippen molar-refractivity contribution in [2.45, 2.75) is 32.9 Å². The minimum Gasteiger partial charge on any atom is -0.465 e. The maximum absolute atomic E-state index is 13.5. The Kier molecular flexibility index (Phi) is 7.93. The van der Waals surface area contributed by atoms with E-state index in [9.17, 15) is 23.1 Å². The number of benzene rings is 1. The predicted molar refractivity (Wildman–Crippen MR) is 142 cm³/mol. The first-order chi connectivity index (χ1) is 18.0. The normalized spacial score (nSPS) is 14.5. The lowest BCUT2D eigenvalue weighted by molar-refractivity contribution is 0.0139. The minimum atomic E-state index is -0.739. The molecule has 0 unspecified atom stereocenters. The molecule has 1 amide bonds. The molecule has 1 aromatic carbocycles. The van der Waals surface area contributed by atoms with Crippen LogP contribution in [-0.2, 0) is 20.8 Å². The number of nitrogens with zero attached hydrogens (tertiary/aromatic N) is 4. The highest BCUT2D eigenvalue weighted by Gasteiger charge is 2.26. The molecule has 202 valence electrons. The fourth-order valence-corrected chi connectivity index (χ4v) is 4.72. The molecule has 1 aliphatic rings. The van der Waals surface area contributed by atoms with Crippen LogP contribution in [0.3, 0.4) is 0 Å². The van der Waals surface area contributed by atoms with Crippen LogP contribution in [0, 0.1) is 0 Å². The fraction of sp³-hybridized carbons (Fsp3) is 0.385. The van der Waals surface area contributed by atoms with Gasteiger partial charge in [-0.15, -0.1) is 3.89 Å². The van der Waals surface area contributed by atoms with E-state index < -0.39 is 17.1 Å². The lowest BCUT2D eigenvalue weighted by Gasteiger charge is -2.35. The van der Waals surface area contributed by atoms with Crippen molar-refractivity contribution in [1.82, 2.24) is 18.3 Å². The Morgan fingerprint density at radius 1 is 1.11 bits per heavy atom. The van der Waals surface area contributed by atoms with Crippen molar-refractivity contribution in [2.24, 2.45) is 0 Å². The van der Waals surface area contributed by atoms with Gasteiger partial charge in [-0.1, -0.05) is 6.07 Å². The number of carbonyl (C=O) groups excluding carboxylic acids is 3. The predicted octanol–water partition coefficient (Wildman–Crippen LogP) is 3.73. The average Bonchev–Trinajstić information content (AvgIpc) is 3.25. The molecule has 1 fully saturated rings. The van der Waals surface area contributed by atoms with Gasteiger partial charge in [-0.2, -0.15) is 0 Å². The number of piperazine rings is 1. The van der Waals surface area contributed by atoms with E-state index in [1.165, 1.54) is 17.7 Å². The molecule has 4 rings (SSSR count). The Morgan fingerprint density at radius 2 is 1.82 bits per heavy atom. The largest absolute Gasteiger partial charge is 0.465 e. The van der Waals surface area contributed by atoms with Crippen molar-refractivity contribution in [2.75, 3.05) is 33.3 Å². The van der Waals surface area contributed by atoms with Crippen molar-refractivity contribution in [3.8, 4) is 11.3 Å². The number of hydrogen-bond donors (Lipinski definition) is 0. The Labute approximate surface area is 223 Å². The molecule has 0 bridgehead atoms. The molecule has 0 radical (unpaired) electrons. The molecular weight excluding hydrogens is 515 g/mol. The van der Waals surface area contributed by atoms with Crippen molar-refractivity contribution < 1.29 is 27.7 Å².